The number of rotatable bonds is 6. The summed E-state index contributed by atoms with van der Waals surface area (Å²) in [5.41, 5.74) is 3.58. The molecule has 1 heterocycles. The summed E-state index contributed by atoms with van der Waals surface area (Å²) >= 11 is 12.5. The molecule has 0 saturated heterocycles. The molecule has 1 aromatic heterocycles. The van der Waals surface area contributed by atoms with Gasteiger partial charge in [0.2, 0.25) is 0 Å². The van der Waals surface area contributed by atoms with E-state index < -0.39 is 12.6 Å². The summed E-state index contributed by atoms with van der Waals surface area (Å²) in [6, 6.07) is 13.2. The van der Waals surface area contributed by atoms with Gasteiger partial charge in [-0.05, 0) is 55.5 Å². The number of amides is 1. The number of ether oxygens (including phenoxy) is 2. The van der Waals surface area contributed by atoms with Gasteiger partial charge in [0.05, 0.1) is 16.1 Å². The van der Waals surface area contributed by atoms with Gasteiger partial charge in [-0.25, -0.2) is 9.78 Å². The van der Waals surface area contributed by atoms with E-state index in [-0.39, 0.29) is 29.3 Å². The fourth-order valence-corrected chi connectivity index (χ4v) is 4.46. The Morgan fingerprint density at radius 1 is 1.12 bits per heavy atom. The number of pyridine rings is 1. The van der Waals surface area contributed by atoms with Crippen LogP contribution in [-0.4, -0.2) is 30.1 Å². The number of carbonyl (C=O) groups excluding carboxylic acids is 2. The zero-order valence-corrected chi connectivity index (χ0v) is 19.0. The minimum Gasteiger partial charge on any atom is -0.478 e. The molecule has 0 fully saturated rings. The van der Waals surface area contributed by atoms with Gasteiger partial charge in [0.1, 0.15) is 5.52 Å². The lowest BCUT2D eigenvalue weighted by atomic mass is 9.88. The number of fused-ring (bicyclic) bond motifs is 2. The van der Waals surface area contributed by atoms with Gasteiger partial charge in [-0.15, -0.1) is 0 Å². The minimum atomic E-state index is -0.684. The Labute approximate surface area is 195 Å². The lowest BCUT2D eigenvalue weighted by Gasteiger charge is -2.26. The van der Waals surface area contributed by atoms with Gasteiger partial charge < -0.3 is 14.8 Å². The van der Waals surface area contributed by atoms with Gasteiger partial charge in [-0.2, -0.15) is 0 Å². The van der Waals surface area contributed by atoms with Crippen molar-refractivity contribution in [3.8, 4) is 5.75 Å². The van der Waals surface area contributed by atoms with E-state index in [1.807, 2.05) is 37.3 Å². The van der Waals surface area contributed by atoms with Crippen molar-refractivity contribution in [1.82, 2.24) is 10.3 Å². The van der Waals surface area contributed by atoms with Crippen LogP contribution >= 0.6 is 23.2 Å². The van der Waals surface area contributed by atoms with Crippen LogP contribution in [0.5, 0.6) is 5.75 Å². The largest absolute Gasteiger partial charge is 0.478 e. The first-order valence-corrected chi connectivity index (χ1v) is 11.1. The Balaban J connectivity index is 1.34. The summed E-state index contributed by atoms with van der Waals surface area (Å²) in [5.74, 6) is -0.793. The minimum absolute atomic E-state index is 0.0732. The van der Waals surface area contributed by atoms with Crippen molar-refractivity contribution in [3.63, 3.8) is 0 Å². The molecule has 0 aliphatic heterocycles. The van der Waals surface area contributed by atoms with Crippen molar-refractivity contribution in [2.24, 2.45) is 0 Å². The number of nitrogens with zero attached hydrogens (tertiary/aromatic N) is 1. The zero-order chi connectivity index (χ0) is 22.7. The number of aryl methyl sites for hydroxylation is 2. The Morgan fingerprint density at radius 3 is 2.78 bits per heavy atom. The molecule has 4 rings (SSSR count). The van der Waals surface area contributed by atoms with Gasteiger partial charge in [-0.3, -0.25) is 4.79 Å². The molecule has 8 heteroatoms. The topological polar surface area (TPSA) is 77.5 Å². The van der Waals surface area contributed by atoms with Crippen molar-refractivity contribution in [3.05, 3.63) is 69.3 Å². The van der Waals surface area contributed by atoms with Crippen LogP contribution in [0.3, 0.4) is 0 Å². The average molecular weight is 473 g/mol. The Morgan fingerprint density at radius 2 is 1.94 bits per heavy atom. The van der Waals surface area contributed by atoms with E-state index in [2.05, 4.69) is 16.4 Å². The normalized spacial score (nSPS) is 15.2. The number of halogens is 2. The first-order chi connectivity index (χ1) is 15.4. The van der Waals surface area contributed by atoms with E-state index in [4.69, 9.17) is 32.7 Å². The summed E-state index contributed by atoms with van der Waals surface area (Å²) in [6.45, 7) is 1.04. The molecule has 0 saturated carbocycles. The van der Waals surface area contributed by atoms with E-state index in [9.17, 15) is 9.59 Å². The maximum absolute atomic E-state index is 12.3. The number of nitrogens with one attached hydrogen (secondary N) is 1. The first-order valence-electron chi connectivity index (χ1n) is 10.3. The summed E-state index contributed by atoms with van der Waals surface area (Å²) in [4.78, 5) is 28.9. The SMILES string of the molecule is Cc1ccc2c(Cl)cc(Cl)c(OCC(=O)OCC(=O)N[C@H]3CCCc4ccccc43)c2n1. The molecule has 0 unspecified atom stereocenters. The summed E-state index contributed by atoms with van der Waals surface area (Å²) in [5, 5.41) is 4.29. The monoisotopic (exact) mass is 472 g/mol. The molecule has 0 spiro atoms. The van der Waals surface area contributed by atoms with Crippen LogP contribution in [0.15, 0.2) is 42.5 Å². The van der Waals surface area contributed by atoms with Crippen molar-refractivity contribution >= 4 is 46.0 Å². The number of esters is 1. The number of aromatic nitrogens is 1. The van der Waals surface area contributed by atoms with Crippen molar-refractivity contribution < 1.29 is 19.1 Å². The molecular formula is C24H22Cl2N2O4. The van der Waals surface area contributed by atoms with Crippen LogP contribution in [0.25, 0.3) is 10.9 Å². The van der Waals surface area contributed by atoms with Gasteiger partial charge in [0.15, 0.2) is 19.0 Å². The van der Waals surface area contributed by atoms with Crippen molar-refractivity contribution in [1.29, 1.82) is 0 Å². The Hall–Kier alpha value is -2.83. The summed E-state index contributed by atoms with van der Waals surface area (Å²) in [6.07, 6.45) is 2.86. The molecule has 0 radical (unpaired) electrons. The van der Waals surface area contributed by atoms with Crippen LogP contribution < -0.4 is 10.1 Å². The first kappa shape index (κ1) is 22.4. The Kier molecular flexibility index (Phi) is 6.82. The van der Waals surface area contributed by atoms with Crippen molar-refractivity contribution in [2.45, 2.75) is 32.2 Å². The third-order valence-corrected chi connectivity index (χ3v) is 5.97. The van der Waals surface area contributed by atoms with Crippen LogP contribution in [0, 0.1) is 6.92 Å². The molecule has 3 aromatic rings. The highest BCUT2D eigenvalue weighted by atomic mass is 35.5. The predicted molar refractivity (Wildman–Crippen MR) is 123 cm³/mol. The van der Waals surface area contributed by atoms with Crippen LogP contribution in [0.1, 0.15) is 35.7 Å². The van der Waals surface area contributed by atoms with Gasteiger partial charge in [-0.1, -0.05) is 47.5 Å². The smallest absolute Gasteiger partial charge is 0.344 e. The van der Waals surface area contributed by atoms with E-state index in [1.165, 1.54) is 5.56 Å². The highest BCUT2D eigenvalue weighted by Gasteiger charge is 2.22. The zero-order valence-electron chi connectivity index (χ0n) is 17.5. The maximum atomic E-state index is 12.3. The molecule has 1 atom stereocenters. The summed E-state index contributed by atoms with van der Waals surface area (Å²) < 4.78 is 10.7. The van der Waals surface area contributed by atoms with E-state index in [0.717, 1.165) is 30.5 Å². The van der Waals surface area contributed by atoms with Gasteiger partial charge in [0, 0.05) is 11.1 Å². The Bertz CT molecular complexity index is 1180. The average Bonchev–Trinajstić information content (AvgIpc) is 2.77. The highest BCUT2D eigenvalue weighted by Crippen LogP contribution is 2.37. The van der Waals surface area contributed by atoms with E-state index >= 15 is 0 Å². The number of hydrogen-bond donors (Lipinski definition) is 1. The van der Waals surface area contributed by atoms with Crippen molar-refractivity contribution in [2.75, 3.05) is 13.2 Å². The molecule has 1 aliphatic rings. The molecular weight excluding hydrogens is 451 g/mol. The number of hydrogen-bond acceptors (Lipinski definition) is 5. The van der Waals surface area contributed by atoms with E-state index in [0.29, 0.717) is 15.9 Å². The third-order valence-electron chi connectivity index (χ3n) is 5.38. The molecule has 1 N–H and O–H groups in total. The second-order valence-electron chi connectivity index (χ2n) is 7.68. The summed E-state index contributed by atoms with van der Waals surface area (Å²) in [7, 11) is 0. The number of carbonyl (C=O) groups is 2. The quantitative estimate of drug-likeness (QED) is 0.512. The van der Waals surface area contributed by atoms with E-state index in [1.54, 1.807) is 6.07 Å². The molecule has 2 aromatic carbocycles. The van der Waals surface area contributed by atoms with Crippen LogP contribution in [-0.2, 0) is 20.7 Å². The second kappa shape index (κ2) is 9.76. The lowest BCUT2D eigenvalue weighted by Crippen LogP contribution is -2.34. The highest BCUT2D eigenvalue weighted by molar-refractivity contribution is 6.39. The van der Waals surface area contributed by atoms with Crippen LogP contribution in [0.2, 0.25) is 10.0 Å². The fourth-order valence-electron chi connectivity index (χ4n) is 3.89. The molecule has 166 valence electrons. The second-order valence-corrected chi connectivity index (χ2v) is 8.49. The number of benzene rings is 2. The van der Waals surface area contributed by atoms with Gasteiger partial charge in [0.25, 0.3) is 5.91 Å². The standard InChI is InChI=1S/C24H22Cl2N2O4/c1-14-9-10-17-18(25)11-19(26)24(23(17)27-14)32-13-22(30)31-12-21(29)28-20-8-4-6-15-5-2-3-7-16(15)20/h2-3,5,7,9-11,20H,4,6,8,12-13H2,1H3,(H,28,29)/t20-/m0/s1. The predicted octanol–water partition coefficient (Wildman–Crippen LogP) is 4.97. The fraction of sp³-hybridized carbons (Fsp3) is 0.292. The molecule has 6 nitrogen and oxygen atoms in total. The maximum Gasteiger partial charge on any atom is 0.344 e. The third kappa shape index (κ3) is 4.97. The van der Waals surface area contributed by atoms with Gasteiger partial charge >= 0.3 is 5.97 Å². The van der Waals surface area contributed by atoms with Crippen LogP contribution in [0.4, 0.5) is 0 Å². The molecule has 1 aliphatic carbocycles. The molecule has 0 bridgehead atoms. The molecule has 32 heavy (non-hydrogen) atoms. The molecule has 1 amide bonds. The lowest BCUT2D eigenvalue weighted by molar-refractivity contribution is -0.150.